The third-order valence-corrected chi connectivity index (χ3v) is 6.61. The summed E-state index contributed by atoms with van der Waals surface area (Å²) in [7, 11) is 1.84. The number of likely N-dealkylation sites (N-methyl/N-ethyl adjacent to an activating group) is 1. The number of carboxylic acid groups (broad SMARTS) is 1. The number of hydrogen-bond acceptors (Lipinski definition) is 5. The van der Waals surface area contributed by atoms with Gasteiger partial charge in [0.15, 0.2) is 0 Å². The maximum absolute atomic E-state index is 12.1. The van der Waals surface area contributed by atoms with Crippen LogP contribution in [-0.4, -0.2) is 70.0 Å². The lowest BCUT2D eigenvalue weighted by Crippen LogP contribution is -2.47. The summed E-state index contributed by atoms with van der Waals surface area (Å²) in [5.41, 5.74) is 5.17. The second-order valence-electron chi connectivity index (χ2n) is 8.18. The zero-order chi connectivity index (χ0) is 22.1. The molecule has 0 radical (unpaired) electrons. The molecule has 0 bridgehead atoms. The number of pyridine rings is 2. The van der Waals surface area contributed by atoms with Crippen LogP contribution in [0.5, 0.6) is 0 Å². The molecule has 0 aliphatic carbocycles. The highest BCUT2D eigenvalue weighted by atomic mass is 16.4. The average molecular weight is 422 g/mol. The van der Waals surface area contributed by atoms with E-state index < -0.39 is 5.97 Å². The molecule has 1 unspecified atom stereocenters. The van der Waals surface area contributed by atoms with Crippen molar-refractivity contribution in [1.29, 1.82) is 0 Å². The zero-order valence-corrected chi connectivity index (χ0v) is 18.7. The van der Waals surface area contributed by atoms with Crippen LogP contribution >= 0.6 is 0 Å². The third kappa shape index (κ3) is 3.91. The van der Waals surface area contributed by atoms with Crippen LogP contribution in [0.15, 0.2) is 36.7 Å². The molecule has 1 fully saturated rings. The van der Waals surface area contributed by atoms with Crippen molar-refractivity contribution >= 4 is 17.3 Å². The van der Waals surface area contributed by atoms with Crippen LogP contribution in [0.3, 0.4) is 0 Å². The number of rotatable bonds is 6. The van der Waals surface area contributed by atoms with Crippen LogP contribution in [0.4, 0.5) is 5.82 Å². The Hall–Kier alpha value is -2.90. The largest absolute Gasteiger partial charge is 0.478 e. The minimum atomic E-state index is -0.887. The topological polar surface area (TPSA) is 73.1 Å². The molecule has 7 nitrogen and oxygen atoms in total. The summed E-state index contributed by atoms with van der Waals surface area (Å²) >= 11 is 0. The van der Waals surface area contributed by atoms with Crippen molar-refractivity contribution in [2.45, 2.75) is 26.8 Å². The van der Waals surface area contributed by atoms with E-state index in [-0.39, 0.29) is 6.04 Å². The number of fused-ring (bicyclic) bond motifs is 1. The molecule has 1 atom stereocenters. The number of nitrogens with one attached hydrogen (secondary N) is 1. The Bertz CT molecular complexity index is 1100. The fraction of sp³-hybridized carbons (Fsp3) is 0.417. The standard InChI is InChI=1S/C24H31N5O2/c1-5-27-10-12-28(13-11-27)17(3)23-16(2)20(24(30)31)15-21-19(7-9-29(21)23)18-6-8-26-22(14-18)25-4/h6-9,14-15,17H,5,10-13H2,1-4H3,(H,25,26)(H,30,31). The fourth-order valence-electron chi connectivity index (χ4n) is 4.72. The quantitative estimate of drug-likeness (QED) is 0.632. The van der Waals surface area contributed by atoms with E-state index in [9.17, 15) is 9.90 Å². The van der Waals surface area contributed by atoms with Crippen LogP contribution in [0.1, 0.15) is 41.5 Å². The molecule has 164 valence electrons. The van der Waals surface area contributed by atoms with E-state index in [0.29, 0.717) is 5.56 Å². The second-order valence-corrected chi connectivity index (χ2v) is 8.18. The molecule has 0 saturated carbocycles. The summed E-state index contributed by atoms with van der Waals surface area (Å²) in [6.45, 7) is 11.5. The molecule has 3 aromatic rings. The first-order chi connectivity index (χ1) is 14.9. The van der Waals surface area contributed by atoms with Gasteiger partial charge in [0.2, 0.25) is 0 Å². The van der Waals surface area contributed by atoms with E-state index in [2.05, 4.69) is 50.6 Å². The Balaban J connectivity index is 1.84. The van der Waals surface area contributed by atoms with Crippen molar-refractivity contribution < 1.29 is 9.90 Å². The SMILES string of the molecule is CCN1CCN(C(C)c2c(C)c(C(=O)O)cc3c(-c4ccnc(NC)c4)ccn23)CC1. The van der Waals surface area contributed by atoms with Crippen molar-refractivity contribution in [2.75, 3.05) is 45.1 Å². The minimum Gasteiger partial charge on any atom is -0.478 e. The Labute approximate surface area is 183 Å². The van der Waals surface area contributed by atoms with Gasteiger partial charge in [0.25, 0.3) is 0 Å². The highest BCUT2D eigenvalue weighted by molar-refractivity contribution is 5.94. The number of nitrogens with zero attached hydrogens (tertiary/aromatic N) is 4. The van der Waals surface area contributed by atoms with E-state index in [0.717, 1.165) is 66.4 Å². The molecule has 2 N–H and O–H groups in total. The smallest absolute Gasteiger partial charge is 0.336 e. The molecule has 0 spiro atoms. The van der Waals surface area contributed by atoms with Gasteiger partial charge in [-0.15, -0.1) is 0 Å². The summed E-state index contributed by atoms with van der Waals surface area (Å²) in [6.07, 6.45) is 3.84. The van der Waals surface area contributed by atoms with Crippen LogP contribution in [-0.2, 0) is 0 Å². The number of anilines is 1. The van der Waals surface area contributed by atoms with E-state index in [1.165, 1.54) is 0 Å². The van der Waals surface area contributed by atoms with Gasteiger partial charge in [0.1, 0.15) is 5.82 Å². The molecule has 3 aromatic heterocycles. The van der Waals surface area contributed by atoms with Crippen LogP contribution in [0, 0.1) is 6.92 Å². The normalized spacial score (nSPS) is 16.5. The molecule has 1 aliphatic rings. The summed E-state index contributed by atoms with van der Waals surface area (Å²) < 4.78 is 2.17. The monoisotopic (exact) mass is 421 g/mol. The van der Waals surface area contributed by atoms with Crippen molar-refractivity contribution in [3.8, 4) is 11.1 Å². The lowest BCUT2D eigenvalue weighted by molar-refractivity contribution is 0.0695. The Morgan fingerprint density at radius 3 is 2.61 bits per heavy atom. The van der Waals surface area contributed by atoms with Crippen molar-refractivity contribution in [3.63, 3.8) is 0 Å². The molecular formula is C24H31N5O2. The van der Waals surface area contributed by atoms with E-state index in [1.54, 1.807) is 12.3 Å². The number of carbonyl (C=O) groups is 1. The molecule has 4 heterocycles. The fourth-order valence-corrected chi connectivity index (χ4v) is 4.72. The summed E-state index contributed by atoms with van der Waals surface area (Å²) in [5.74, 6) is -0.105. The maximum atomic E-state index is 12.1. The Morgan fingerprint density at radius 2 is 1.97 bits per heavy atom. The number of aromatic carboxylic acids is 1. The van der Waals surface area contributed by atoms with Crippen molar-refractivity contribution in [2.24, 2.45) is 0 Å². The predicted octanol–water partition coefficient (Wildman–Crippen LogP) is 3.75. The first-order valence-electron chi connectivity index (χ1n) is 10.9. The van der Waals surface area contributed by atoms with E-state index in [4.69, 9.17) is 0 Å². The van der Waals surface area contributed by atoms with E-state index >= 15 is 0 Å². The molecule has 0 amide bonds. The number of piperazine rings is 1. The summed E-state index contributed by atoms with van der Waals surface area (Å²) in [5, 5.41) is 13.0. The van der Waals surface area contributed by atoms with E-state index in [1.807, 2.05) is 26.1 Å². The highest BCUT2D eigenvalue weighted by Gasteiger charge is 2.27. The van der Waals surface area contributed by atoms with Gasteiger partial charge in [0, 0.05) is 62.9 Å². The second kappa shape index (κ2) is 8.69. The van der Waals surface area contributed by atoms with Gasteiger partial charge in [-0.3, -0.25) is 4.90 Å². The predicted molar refractivity (Wildman–Crippen MR) is 124 cm³/mol. The number of carboxylic acids is 1. The van der Waals surface area contributed by atoms with Gasteiger partial charge in [0.05, 0.1) is 11.1 Å². The van der Waals surface area contributed by atoms with Crippen LogP contribution in [0.25, 0.3) is 16.6 Å². The highest BCUT2D eigenvalue weighted by Crippen LogP contribution is 2.34. The first-order valence-corrected chi connectivity index (χ1v) is 10.9. The third-order valence-electron chi connectivity index (χ3n) is 6.61. The Kier molecular flexibility index (Phi) is 5.98. The lowest BCUT2D eigenvalue weighted by Gasteiger charge is -2.38. The van der Waals surface area contributed by atoms with Gasteiger partial charge in [-0.2, -0.15) is 0 Å². The number of aromatic nitrogens is 2. The summed E-state index contributed by atoms with van der Waals surface area (Å²) in [6, 6.07) is 7.94. The van der Waals surface area contributed by atoms with Crippen molar-refractivity contribution in [1.82, 2.24) is 19.2 Å². The molecule has 1 aliphatic heterocycles. The molecule has 4 rings (SSSR count). The van der Waals surface area contributed by atoms with Crippen molar-refractivity contribution in [3.05, 3.63) is 53.5 Å². The van der Waals surface area contributed by atoms with Gasteiger partial charge in [-0.25, -0.2) is 9.78 Å². The van der Waals surface area contributed by atoms with Gasteiger partial charge < -0.3 is 19.7 Å². The van der Waals surface area contributed by atoms with Crippen LogP contribution in [0.2, 0.25) is 0 Å². The van der Waals surface area contributed by atoms with Gasteiger partial charge >= 0.3 is 5.97 Å². The van der Waals surface area contributed by atoms with Gasteiger partial charge in [-0.1, -0.05) is 6.92 Å². The molecular weight excluding hydrogens is 390 g/mol. The Morgan fingerprint density at radius 1 is 1.23 bits per heavy atom. The molecule has 31 heavy (non-hydrogen) atoms. The van der Waals surface area contributed by atoms with Gasteiger partial charge in [-0.05, 0) is 55.8 Å². The lowest BCUT2D eigenvalue weighted by atomic mass is 9.99. The first kappa shape index (κ1) is 21.3. The molecule has 0 aromatic carbocycles. The maximum Gasteiger partial charge on any atom is 0.336 e. The number of hydrogen-bond donors (Lipinski definition) is 2. The average Bonchev–Trinajstić information content (AvgIpc) is 3.21. The molecule has 1 saturated heterocycles. The molecule has 7 heteroatoms. The van der Waals surface area contributed by atoms with Crippen LogP contribution < -0.4 is 5.32 Å². The zero-order valence-electron chi connectivity index (χ0n) is 18.7. The summed E-state index contributed by atoms with van der Waals surface area (Å²) in [4.78, 5) is 21.3. The minimum absolute atomic E-state index is 0.117.